The van der Waals surface area contributed by atoms with Crippen LogP contribution in [0.25, 0.3) is 6.08 Å². The first-order valence-corrected chi connectivity index (χ1v) is 11.2. The minimum Gasteiger partial charge on any atom is -0.495 e. The number of para-hydroxylation sites is 2. The number of nitrogens with zero attached hydrogens (tertiary/aromatic N) is 1. The number of hydrogen-bond acceptors (Lipinski definition) is 4. The van der Waals surface area contributed by atoms with E-state index in [-0.39, 0.29) is 6.04 Å². The number of benzene rings is 2. The van der Waals surface area contributed by atoms with E-state index in [9.17, 15) is 8.42 Å². The van der Waals surface area contributed by atoms with Gasteiger partial charge in [-0.25, -0.2) is 13.1 Å². The van der Waals surface area contributed by atoms with E-state index in [2.05, 4.69) is 15.7 Å². The molecule has 0 radical (unpaired) electrons. The molecule has 1 aliphatic carbocycles. The zero-order chi connectivity index (χ0) is 19.6. The van der Waals surface area contributed by atoms with Gasteiger partial charge in [-0.3, -0.25) is 0 Å². The summed E-state index contributed by atoms with van der Waals surface area (Å²) in [5.41, 5.74) is 3.23. The number of methoxy groups -OCH3 is 1. The molecule has 2 aliphatic rings. The predicted molar refractivity (Wildman–Crippen MR) is 113 cm³/mol. The molecular weight excluding hydrogens is 372 g/mol. The minimum atomic E-state index is -3.49. The van der Waals surface area contributed by atoms with Crippen molar-refractivity contribution < 1.29 is 13.2 Å². The first-order valence-electron chi connectivity index (χ1n) is 9.75. The molecule has 0 saturated carbocycles. The lowest BCUT2D eigenvalue weighted by Crippen LogP contribution is -2.48. The molecule has 6 heteroatoms. The minimum absolute atomic E-state index is 0.110. The number of hydrogen-bond donors (Lipinski definition) is 1. The number of allylic oxidation sites excluding steroid dienone is 1. The van der Waals surface area contributed by atoms with Gasteiger partial charge in [-0.1, -0.05) is 36.4 Å². The first kappa shape index (κ1) is 19.0. The average molecular weight is 399 g/mol. The van der Waals surface area contributed by atoms with E-state index >= 15 is 0 Å². The Labute approximate surface area is 167 Å². The molecule has 28 heavy (non-hydrogen) atoms. The SMILES string of the molecule is COc1ccccc1N1CCCC(NS(=O)(=O)C2=Cc3ccccc3CC2)C1. The number of nitrogens with one attached hydrogen (secondary N) is 1. The van der Waals surface area contributed by atoms with Crippen molar-refractivity contribution in [3.05, 3.63) is 64.6 Å². The second kappa shape index (κ2) is 7.97. The Morgan fingerprint density at radius 3 is 2.71 bits per heavy atom. The maximum absolute atomic E-state index is 13.0. The molecular formula is C22H26N2O3S. The van der Waals surface area contributed by atoms with E-state index < -0.39 is 10.0 Å². The van der Waals surface area contributed by atoms with Gasteiger partial charge < -0.3 is 9.64 Å². The van der Waals surface area contributed by atoms with E-state index in [1.165, 1.54) is 5.56 Å². The fourth-order valence-corrected chi connectivity index (χ4v) is 5.53. The van der Waals surface area contributed by atoms with Crippen molar-refractivity contribution in [2.24, 2.45) is 0 Å². The molecule has 5 nitrogen and oxygen atoms in total. The van der Waals surface area contributed by atoms with Crippen molar-refractivity contribution >= 4 is 21.8 Å². The quantitative estimate of drug-likeness (QED) is 0.837. The molecule has 1 saturated heterocycles. The van der Waals surface area contributed by atoms with Crippen LogP contribution in [0.2, 0.25) is 0 Å². The van der Waals surface area contributed by atoms with E-state index in [1.54, 1.807) is 7.11 Å². The lowest BCUT2D eigenvalue weighted by atomic mass is 9.98. The lowest BCUT2D eigenvalue weighted by Gasteiger charge is -2.35. The summed E-state index contributed by atoms with van der Waals surface area (Å²) in [5.74, 6) is 0.817. The highest BCUT2D eigenvalue weighted by atomic mass is 32.2. The summed E-state index contributed by atoms with van der Waals surface area (Å²) in [6, 6.07) is 15.8. The Morgan fingerprint density at radius 1 is 1.07 bits per heavy atom. The summed E-state index contributed by atoms with van der Waals surface area (Å²) in [7, 11) is -1.83. The van der Waals surface area contributed by atoms with Crippen molar-refractivity contribution in [3.63, 3.8) is 0 Å². The standard InChI is InChI=1S/C22H26N2O3S/c1-27-22-11-5-4-10-21(22)24-14-6-9-19(16-24)23-28(25,26)20-13-12-17-7-2-3-8-18(17)15-20/h2-5,7-8,10-11,15,19,23H,6,9,12-14,16H2,1H3. The van der Waals surface area contributed by atoms with E-state index in [4.69, 9.17) is 4.74 Å². The number of fused-ring (bicyclic) bond motifs is 1. The molecule has 2 aromatic rings. The van der Waals surface area contributed by atoms with Crippen LogP contribution in [-0.2, 0) is 16.4 Å². The zero-order valence-electron chi connectivity index (χ0n) is 16.1. The second-order valence-corrected chi connectivity index (χ2v) is 9.15. The van der Waals surface area contributed by atoms with Crippen LogP contribution in [0.15, 0.2) is 53.4 Å². The van der Waals surface area contributed by atoms with E-state index in [0.717, 1.165) is 42.8 Å². The monoisotopic (exact) mass is 398 g/mol. The highest BCUT2D eigenvalue weighted by molar-refractivity contribution is 7.93. The van der Waals surface area contributed by atoms with Crippen molar-refractivity contribution in [1.82, 2.24) is 4.72 Å². The van der Waals surface area contributed by atoms with Gasteiger partial charge in [-0.15, -0.1) is 0 Å². The molecule has 1 N–H and O–H groups in total. The summed E-state index contributed by atoms with van der Waals surface area (Å²) in [6.45, 7) is 1.54. The van der Waals surface area contributed by atoms with E-state index in [0.29, 0.717) is 17.9 Å². The van der Waals surface area contributed by atoms with Crippen molar-refractivity contribution in [2.45, 2.75) is 31.7 Å². The van der Waals surface area contributed by atoms with Crippen LogP contribution in [0.5, 0.6) is 5.75 Å². The fraction of sp³-hybridized carbons (Fsp3) is 0.364. The molecule has 1 unspecified atom stereocenters. The van der Waals surface area contributed by atoms with Gasteiger partial charge in [-0.05, 0) is 55.0 Å². The summed E-state index contributed by atoms with van der Waals surface area (Å²) in [4.78, 5) is 2.70. The van der Waals surface area contributed by atoms with Crippen LogP contribution >= 0.6 is 0 Å². The summed E-state index contributed by atoms with van der Waals surface area (Å²) < 4.78 is 34.4. The van der Waals surface area contributed by atoms with Crippen LogP contribution < -0.4 is 14.4 Å². The zero-order valence-corrected chi connectivity index (χ0v) is 16.9. The van der Waals surface area contributed by atoms with Gasteiger partial charge in [0.25, 0.3) is 0 Å². The molecule has 0 amide bonds. The van der Waals surface area contributed by atoms with Crippen LogP contribution in [0, 0.1) is 0 Å². The highest BCUT2D eigenvalue weighted by Gasteiger charge is 2.28. The topological polar surface area (TPSA) is 58.6 Å². The van der Waals surface area contributed by atoms with Crippen LogP contribution in [0.1, 0.15) is 30.4 Å². The number of rotatable bonds is 5. The van der Waals surface area contributed by atoms with Crippen LogP contribution in [0.3, 0.4) is 0 Å². The largest absolute Gasteiger partial charge is 0.495 e. The number of piperidine rings is 1. The van der Waals surface area contributed by atoms with Gasteiger partial charge in [0, 0.05) is 19.1 Å². The number of anilines is 1. The molecule has 2 aromatic carbocycles. The Kier molecular flexibility index (Phi) is 5.42. The van der Waals surface area contributed by atoms with E-state index in [1.807, 2.05) is 48.5 Å². The van der Waals surface area contributed by atoms with Gasteiger partial charge >= 0.3 is 0 Å². The summed E-state index contributed by atoms with van der Waals surface area (Å²) in [6.07, 6.45) is 4.92. The van der Waals surface area contributed by atoms with Crippen LogP contribution in [0.4, 0.5) is 5.69 Å². The number of aryl methyl sites for hydroxylation is 1. The maximum atomic E-state index is 13.0. The normalized spacial score (nSPS) is 19.7. The lowest BCUT2D eigenvalue weighted by molar-refractivity contribution is 0.409. The molecule has 1 fully saturated rings. The van der Waals surface area contributed by atoms with Crippen molar-refractivity contribution in [1.29, 1.82) is 0 Å². The third kappa shape index (κ3) is 3.93. The summed E-state index contributed by atoms with van der Waals surface area (Å²) in [5, 5.41) is 0. The molecule has 4 rings (SSSR count). The molecule has 0 aromatic heterocycles. The molecule has 1 atom stereocenters. The molecule has 0 spiro atoms. The molecule has 0 bridgehead atoms. The second-order valence-electron chi connectivity index (χ2n) is 7.39. The highest BCUT2D eigenvalue weighted by Crippen LogP contribution is 2.31. The Balaban J connectivity index is 1.50. The Bertz CT molecular complexity index is 985. The van der Waals surface area contributed by atoms with Gasteiger partial charge in [0.2, 0.25) is 10.0 Å². The fourth-order valence-electron chi connectivity index (χ4n) is 4.10. The van der Waals surface area contributed by atoms with Crippen molar-refractivity contribution in [3.8, 4) is 5.75 Å². The third-order valence-corrected chi connectivity index (χ3v) is 7.18. The van der Waals surface area contributed by atoms with Gasteiger partial charge in [-0.2, -0.15) is 0 Å². The Morgan fingerprint density at radius 2 is 1.86 bits per heavy atom. The molecule has 1 heterocycles. The van der Waals surface area contributed by atoms with Gasteiger partial charge in [0.15, 0.2) is 0 Å². The average Bonchev–Trinajstić information content (AvgIpc) is 2.73. The third-order valence-electron chi connectivity index (χ3n) is 5.53. The molecule has 148 valence electrons. The van der Waals surface area contributed by atoms with Gasteiger partial charge in [0.05, 0.1) is 17.7 Å². The van der Waals surface area contributed by atoms with Crippen LogP contribution in [-0.4, -0.2) is 34.7 Å². The number of sulfonamides is 1. The number of ether oxygens (including phenoxy) is 1. The molecule has 1 aliphatic heterocycles. The smallest absolute Gasteiger partial charge is 0.237 e. The Hall–Kier alpha value is -2.31. The summed E-state index contributed by atoms with van der Waals surface area (Å²) >= 11 is 0. The predicted octanol–water partition coefficient (Wildman–Crippen LogP) is 3.57. The van der Waals surface area contributed by atoms with Gasteiger partial charge in [0.1, 0.15) is 5.75 Å². The first-order chi connectivity index (χ1) is 13.6. The maximum Gasteiger partial charge on any atom is 0.237 e. The van der Waals surface area contributed by atoms with Crippen molar-refractivity contribution in [2.75, 3.05) is 25.1 Å².